The summed E-state index contributed by atoms with van der Waals surface area (Å²) in [7, 11) is 0. The van der Waals surface area contributed by atoms with E-state index in [-0.39, 0.29) is 24.6 Å². The lowest BCUT2D eigenvalue weighted by molar-refractivity contribution is 0.0255. The SMILES string of the molecule is NC[C@H]1CN(c2ccc(C3CNCCO3)c(F)c2)C(=O)O1. The molecule has 0 aliphatic carbocycles. The second-order valence-electron chi connectivity index (χ2n) is 5.12. The van der Waals surface area contributed by atoms with Gasteiger partial charge in [-0.3, -0.25) is 4.90 Å². The van der Waals surface area contributed by atoms with Crippen LogP contribution in [-0.2, 0) is 9.47 Å². The van der Waals surface area contributed by atoms with Crippen LogP contribution in [0.1, 0.15) is 11.7 Å². The highest BCUT2D eigenvalue weighted by molar-refractivity contribution is 5.89. The van der Waals surface area contributed by atoms with Gasteiger partial charge in [0.25, 0.3) is 0 Å². The first-order chi connectivity index (χ1) is 10.2. The Balaban J connectivity index is 1.79. The summed E-state index contributed by atoms with van der Waals surface area (Å²) in [5.74, 6) is -0.384. The van der Waals surface area contributed by atoms with Crippen LogP contribution < -0.4 is 16.0 Å². The molecular formula is C14H18FN3O3. The highest BCUT2D eigenvalue weighted by Crippen LogP contribution is 2.28. The van der Waals surface area contributed by atoms with Crippen LogP contribution in [0, 0.1) is 5.82 Å². The Hall–Kier alpha value is -1.70. The Kier molecular flexibility index (Phi) is 4.05. The van der Waals surface area contributed by atoms with Gasteiger partial charge in [0.15, 0.2) is 0 Å². The predicted octanol–water partition coefficient (Wildman–Crippen LogP) is 0.770. The Labute approximate surface area is 122 Å². The summed E-state index contributed by atoms with van der Waals surface area (Å²) in [4.78, 5) is 13.1. The lowest BCUT2D eigenvalue weighted by atomic mass is 10.1. The van der Waals surface area contributed by atoms with Crippen molar-refractivity contribution in [2.24, 2.45) is 5.73 Å². The summed E-state index contributed by atoms with van der Waals surface area (Å²) in [6.07, 6.45) is -1.13. The molecule has 2 atom stereocenters. The van der Waals surface area contributed by atoms with Gasteiger partial charge in [-0.25, -0.2) is 9.18 Å². The fourth-order valence-corrected chi connectivity index (χ4v) is 2.57. The molecule has 1 aromatic carbocycles. The van der Waals surface area contributed by atoms with Crippen molar-refractivity contribution in [3.05, 3.63) is 29.6 Å². The third-order valence-electron chi connectivity index (χ3n) is 3.71. The second kappa shape index (κ2) is 5.97. The molecule has 3 N–H and O–H groups in total. The number of anilines is 1. The monoisotopic (exact) mass is 295 g/mol. The number of nitrogens with zero attached hydrogens (tertiary/aromatic N) is 1. The van der Waals surface area contributed by atoms with Gasteiger partial charge in [0, 0.05) is 25.2 Å². The zero-order valence-corrected chi connectivity index (χ0v) is 11.5. The average molecular weight is 295 g/mol. The van der Waals surface area contributed by atoms with Crippen LogP contribution in [0.25, 0.3) is 0 Å². The van der Waals surface area contributed by atoms with E-state index in [4.69, 9.17) is 15.2 Å². The lowest BCUT2D eigenvalue weighted by Crippen LogP contribution is -2.34. The van der Waals surface area contributed by atoms with Crippen LogP contribution in [0.3, 0.4) is 0 Å². The molecule has 0 aromatic heterocycles. The van der Waals surface area contributed by atoms with Gasteiger partial charge in [0.1, 0.15) is 11.9 Å². The summed E-state index contributed by atoms with van der Waals surface area (Å²) in [6.45, 7) is 2.51. The van der Waals surface area contributed by atoms with Crippen molar-refractivity contribution in [1.29, 1.82) is 0 Å². The molecule has 114 valence electrons. The molecule has 0 radical (unpaired) electrons. The minimum Gasteiger partial charge on any atom is -0.443 e. The minimum absolute atomic E-state index is 0.254. The van der Waals surface area contributed by atoms with E-state index in [1.807, 2.05) is 0 Å². The van der Waals surface area contributed by atoms with Crippen molar-refractivity contribution >= 4 is 11.8 Å². The molecule has 1 unspecified atom stereocenters. The van der Waals surface area contributed by atoms with Crippen LogP contribution >= 0.6 is 0 Å². The van der Waals surface area contributed by atoms with Crippen molar-refractivity contribution in [2.75, 3.05) is 37.7 Å². The van der Waals surface area contributed by atoms with E-state index in [0.29, 0.717) is 30.9 Å². The van der Waals surface area contributed by atoms with E-state index in [0.717, 1.165) is 6.54 Å². The number of morpholine rings is 1. The number of nitrogens with one attached hydrogen (secondary N) is 1. The van der Waals surface area contributed by atoms with E-state index in [2.05, 4.69) is 5.32 Å². The third-order valence-corrected chi connectivity index (χ3v) is 3.71. The highest BCUT2D eigenvalue weighted by atomic mass is 19.1. The molecule has 21 heavy (non-hydrogen) atoms. The zero-order valence-electron chi connectivity index (χ0n) is 11.5. The maximum Gasteiger partial charge on any atom is 0.414 e. The third kappa shape index (κ3) is 2.85. The number of hydrogen-bond acceptors (Lipinski definition) is 5. The summed E-state index contributed by atoms with van der Waals surface area (Å²) in [5.41, 5.74) is 6.45. The van der Waals surface area contributed by atoms with Crippen LogP contribution in [0.4, 0.5) is 14.9 Å². The van der Waals surface area contributed by atoms with E-state index >= 15 is 0 Å². The van der Waals surface area contributed by atoms with Gasteiger partial charge < -0.3 is 20.5 Å². The molecule has 0 bridgehead atoms. The van der Waals surface area contributed by atoms with Crippen LogP contribution in [0.2, 0.25) is 0 Å². The van der Waals surface area contributed by atoms with Gasteiger partial charge >= 0.3 is 6.09 Å². The molecule has 1 amide bonds. The topological polar surface area (TPSA) is 76.8 Å². The standard InChI is InChI=1S/C14H18FN3O3/c15-12-5-9(18-8-10(6-16)21-14(18)19)1-2-11(12)13-7-17-3-4-20-13/h1-2,5,10,13,17H,3-4,6-8,16H2/t10-,13?/m0/s1. The Morgan fingerprint density at radius 1 is 1.48 bits per heavy atom. The number of carbonyl (C=O) groups is 1. The largest absolute Gasteiger partial charge is 0.443 e. The molecule has 7 heteroatoms. The Morgan fingerprint density at radius 3 is 2.95 bits per heavy atom. The molecule has 2 heterocycles. The normalized spacial score (nSPS) is 26.0. The molecule has 2 aliphatic rings. The first kappa shape index (κ1) is 14.2. The van der Waals surface area contributed by atoms with Gasteiger partial charge in [-0.2, -0.15) is 0 Å². The number of ether oxygens (including phenoxy) is 2. The van der Waals surface area contributed by atoms with Gasteiger partial charge in [0.2, 0.25) is 0 Å². The summed E-state index contributed by atoms with van der Waals surface area (Å²) >= 11 is 0. The molecule has 2 fully saturated rings. The number of rotatable bonds is 3. The zero-order chi connectivity index (χ0) is 14.8. The van der Waals surface area contributed by atoms with Crippen molar-refractivity contribution in [1.82, 2.24) is 5.32 Å². The second-order valence-corrected chi connectivity index (χ2v) is 5.12. The summed E-state index contributed by atoms with van der Waals surface area (Å²) < 4.78 is 24.9. The first-order valence-electron chi connectivity index (χ1n) is 6.99. The molecule has 0 saturated carbocycles. The van der Waals surface area contributed by atoms with Crippen LogP contribution in [0.5, 0.6) is 0 Å². The van der Waals surface area contributed by atoms with Crippen LogP contribution in [0.15, 0.2) is 18.2 Å². The van der Waals surface area contributed by atoms with Crippen molar-refractivity contribution in [3.63, 3.8) is 0 Å². The number of cyclic esters (lactones) is 1. The molecule has 2 saturated heterocycles. The Morgan fingerprint density at radius 2 is 2.33 bits per heavy atom. The van der Waals surface area contributed by atoms with Crippen molar-refractivity contribution < 1.29 is 18.7 Å². The molecule has 1 aromatic rings. The number of hydrogen-bond donors (Lipinski definition) is 2. The Bertz CT molecular complexity index is 534. The molecular weight excluding hydrogens is 277 g/mol. The lowest BCUT2D eigenvalue weighted by Gasteiger charge is -2.25. The van der Waals surface area contributed by atoms with E-state index in [1.165, 1.54) is 11.0 Å². The van der Waals surface area contributed by atoms with Crippen molar-refractivity contribution in [3.8, 4) is 0 Å². The number of halogens is 1. The van der Waals surface area contributed by atoms with E-state index in [1.54, 1.807) is 12.1 Å². The summed E-state index contributed by atoms with van der Waals surface area (Å²) in [6, 6.07) is 4.70. The fourth-order valence-electron chi connectivity index (χ4n) is 2.57. The fraction of sp³-hybridized carbons (Fsp3) is 0.500. The van der Waals surface area contributed by atoms with Gasteiger partial charge in [-0.1, -0.05) is 6.07 Å². The van der Waals surface area contributed by atoms with Crippen LogP contribution in [-0.4, -0.2) is 45.0 Å². The number of nitrogens with two attached hydrogens (primary N) is 1. The maximum atomic E-state index is 14.3. The van der Waals surface area contributed by atoms with Gasteiger partial charge in [-0.05, 0) is 12.1 Å². The minimum atomic E-state index is -0.492. The predicted molar refractivity (Wildman–Crippen MR) is 74.6 cm³/mol. The molecule has 2 aliphatic heterocycles. The van der Waals surface area contributed by atoms with Gasteiger partial charge in [0.05, 0.1) is 24.9 Å². The number of amides is 1. The molecule has 3 rings (SSSR count). The van der Waals surface area contributed by atoms with Gasteiger partial charge in [-0.15, -0.1) is 0 Å². The summed E-state index contributed by atoms with van der Waals surface area (Å²) in [5, 5.41) is 3.16. The quantitative estimate of drug-likeness (QED) is 0.861. The number of carbonyl (C=O) groups excluding carboxylic acids is 1. The maximum absolute atomic E-state index is 14.3. The van der Waals surface area contributed by atoms with Crippen molar-refractivity contribution in [2.45, 2.75) is 12.2 Å². The molecule has 0 spiro atoms. The highest BCUT2D eigenvalue weighted by Gasteiger charge is 2.32. The molecule has 6 nitrogen and oxygen atoms in total. The van der Waals surface area contributed by atoms with E-state index in [9.17, 15) is 9.18 Å². The first-order valence-corrected chi connectivity index (χ1v) is 6.99. The smallest absolute Gasteiger partial charge is 0.414 e. The van der Waals surface area contributed by atoms with E-state index < -0.39 is 6.09 Å². The number of benzene rings is 1. The average Bonchev–Trinajstić information content (AvgIpc) is 2.89.